The van der Waals surface area contributed by atoms with Crippen LogP contribution in [0.1, 0.15) is 5.56 Å². The first-order valence-corrected chi connectivity index (χ1v) is 5.77. The molecule has 0 aliphatic rings. The van der Waals surface area contributed by atoms with Crippen LogP contribution >= 0.6 is 11.6 Å². The highest BCUT2D eigenvalue weighted by Crippen LogP contribution is 2.28. The Bertz CT molecular complexity index is 446. The van der Waals surface area contributed by atoms with Crippen LogP contribution < -0.4 is 9.88 Å². The average molecular weight is 252 g/mol. The van der Waals surface area contributed by atoms with Gasteiger partial charge in [0.2, 0.25) is 0 Å². The van der Waals surface area contributed by atoms with E-state index in [2.05, 4.69) is 9.32 Å². The molecule has 2 N–H and O–H groups in total. The molecule has 0 aliphatic heterocycles. The van der Waals surface area contributed by atoms with Crippen molar-refractivity contribution >= 4 is 21.9 Å². The molecule has 0 unspecified atom stereocenters. The molecule has 0 bridgehead atoms. The van der Waals surface area contributed by atoms with Gasteiger partial charge in [-0.25, -0.2) is 5.14 Å². The van der Waals surface area contributed by atoms with Crippen molar-refractivity contribution in [3.05, 3.63) is 28.8 Å². The molecule has 84 valence electrons. The summed E-state index contributed by atoms with van der Waals surface area (Å²) in [6.07, 6.45) is 0. The Morgan fingerprint density at radius 3 is 2.67 bits per heavy atom. The number of hydrogen-bond acceptors (Lipinski definition) is 4. The van der Waals surface area contributed by atoms with Gasteiger partial charge >= 0.3 is 10.3 Å². The Balaban J connectivity index is 2.90. The van der Waals surface area contributed by atoms with Crippen LogP contribution in [-0.2, 0) is 21.1 Å². The number of para-hydroxylation sites is 1. The molecule has 1 aromatic carbocycles. The quantitative estimate of drug-likeness (QED) is 0.868. The third kappa shape index (κ3) is 3.67. The summed E-state index contributed by atoms with van der Waals surface area (Å²) in [6.45, 7) is -0.206. The lowest BCUT2D eigenvalue weighted by atomic mass is 10.2. The van der Waals surface area contributed by atoms with E-state index < -0.39 is 10.3 Å². The Morgan fingerprint density at radius 2 is 2.13 bits per heavy atom. The maximum atomic E-state index is 10.6. The first kappa shape index (κ1) is 12.3. The first-order chi connectivity index (χ1) is 6.94. The zero-order chi connectivity index (χ0) is 11.5. The van der Waals surface area contributed by atoms with Gasteiger partial charge in [-0.2, -0.15) is 8.42 Å². The summed E-state index contributed by atoms with van der Waals surface area (Å²) < 4.78 is 30.6. The molecule has 15 heavy (non-hydrogen) atoms. The van der Waals surface area contributed by atoms with E-state index in [-0.39, 0.29) is 6.61 Å². The van der Waals surface area contributed by atoms with E-state index in [9.17, 15) is 8.42 Å². The Kier molecular flexibility index (Phi) is 3.92. The minimum Gasteiger partial charge on any atom is -0.495 e. The lowest BCUT2D eigenvalue weighted by molar-refractivity contribution is 0.300. The van der Waals surface area contributed by atoms with Crippen molar-refractivity contribution in [2.75, 3.05) is 7.11 Å². The van der Waals surface area contributed by atoms with E-state index in [1.807, 2.05) is 0 Å². The topological polar surface area (TPSA) is 78.6 Å². The van der Waals surface area contributed by atoms with Crippen molar-refractivity contribution in [2.24, 2.45) is 5.14 Å². The van der Waals surface area contributed by atoms with Crippen molar-refractivity contribution in [3.63, 3.8) is 0 Å². The van der Waals surface area contributed by atoms with Gasteiger partial charge in [0.15, 0.2) is 0 Å². The van der Waals surface area contributed by atoms with Crippen molar-refractivity contribution in [3.8, 4) is 5.75 Å². The van der Waals surface area contributed by atoms with Crippen LogP contribution in [0.4, 0.5) is 0 Å². The fourth-order valence-electron chi connectivity index (χ4n) is 1.04. The summed E-state index contributed by atoms with van der Waals surface area (Å²) in [4.78, 5) is 0. The van der Waals surface area contributed by atoms with Gasteiger partial charge in [-0.15, -0.1) is 0 Å². The fraction of sp³-hybridized carbons (Fsp3) is 0.250. The standard InChI is InChI=1S/C8H10ClNO4S/c1-13-8-6(3-2-4-7(8)9)5-14-15(10,11)12/h2-4H,5H2,1H3,(H2,10,11,12). The molecule has 0 fully saturated rings. The minimum absolute atomic E-state index is 0.206. The van der Waals surface area contributed by atoms with Crippen molar-refractivity contribution < 1.29 is 17.3 Å². The number of hydrogen-bond donors (Lipinski definition) is 1. The van der Waals surface area contributed by atoms with Gasteiger partial charge in [0.05, 0.1) is 18.7 Å². The molecule has 1 rings (SSSR count). The van der Waals surface area contributed by atoms with E-state index in [0.717, 1.165) is 0 Å². The second-order valence-corrected chi connectivity index (χ2v) is 4.32. The van der Waals surface area contributed by atoms with Crippen LogP contribution in [0.5, 0.6) is 5.75 Å². The third-order valence-corrected chi connectivity index (χ3v) is 2.38. The number of methoxy groups -OCH3 is 1. The summed E-state index contributed by atoms with van der Waals surface area (Å²) in [7, 11) is -2.53. The molecule has 7 heteroatoms. The van der Waals surface area contributed by atoms with E-state index in [0.29, 0.717) is 16.3 Å². The molecule has 0 amide bonds. The largest absolute Gasteiger partial charge is 0.495 e. The molecular weight excluding hydrogens is 242 g/mol. The monoisotopic (exact) mass is 251 g/mol. The number of ether oxygens (including phenoxy) is 1. The second-order valence-electron chi connectivity index (χ2n) is 2.69. The zero-order valence-electron chi connectivity index (χ0n) is 7.94. The number of halogens is 1. The molecule has 0 radical (unpaired) electrons. The predicted octanol–water partition coefficient (Wildman–Crippen LogP) is 1.07. The van der Waals surface area contributed by atoms with Gasteiger partial charge < -0.3 is 4.74 Å². The minimum atomic E-state index is -3.96. The van der Waals surface area contributed by atoms with Gasteiger partial charge in [0, 0.05) is 5.56 Å². The fourth-order valence-corrected chi connectivity index (χ4v) is 1.60. The van der Waals surface area contributed by atoms with Gasteiger partial charge in [-0.3, -0.25) is 4.18 Å². The van der Waals surface area contributed by atoms with E-state index in [1.54, 1.807) is 18.2 Å². The van der Waals surface area contributed by atoms with Crippen molar-refractivity contribution in [1.82, 2.24) is 0 Å². The summed E-state index contributed by atoms with van der Waals surface area (Å²) in [6, 6.07) is 4.92. The Hall–Kier alpha value is -0.820. The highest BCUT2D eigenvalue weighted by molar-refractivity contribution is 7.84. The Morgan fingerprint density at radius 1 is 1.47 bits per heavy atom. The summed E-state index contributed by atoms with van der Waals surface area (Å²) in [5.41, 5.74) is 0.513. The van der Waals surface area contributed by atoms with Gasteiger partial charge in [0.1, 0.15) is 5.75 Å². The lowest BCUT2D eigenvalue weighted by Gasteiger charge is -2.09. The van der Waals surface area contributed by atoms with Crippen LogP contribution in [0.3, 0.4) is 0 Å². The number of rotatable bonds is 4. The summed E-state index contributed by atoms with van der Waals surface area (Å²) in [5.74, 6) is 0.378. The van der Waals surface area contributed by atoms with Crippen LogP contribution in [0.2, 0.25) is 5.02 Å². The number of nitrogens with two attached hydrogens (primary N) is 1. The summed E-state index contributed by atoms with van der Waals surface area (Å²) >= 11 is 5.82. The molecule has 0 spiro atoms. The molecule has 1 aromatic rings. The molecule has 0 aliphatic carbocycles. The smallest absolute Gasteiger partial charge is 0.333 e. The zero-order valence-corrected chi connectivity index (χ0v) is 9.51. The Labute approximate surface area is 93.0 Å². The molecule has 0 heterocycles. The van der Waals surface area contributed by atoms with Crippen molar-refractivity contribution in [1.29, 1.82) is 0 Å². The van der Waals surface area contributed by atoms with E-state index >= 15 is 0 Å². The molecule has 0 atom stereocenters. The highest BCUT2D eigenvalue weighted by atomic mass is 35.5. The lowest BCUT2D eigenvalue weighted by Crippen LogP contribution is -2.15. The first-order valence-electron chi connectivity index (χ1n) is 3.92. The van der Waals surface area contributed by atoms with E-state index in [1.165, 1.54) is 7.11 Å². The predicted molar refractivity (Wildman–Crippen MR) is 55.9 cm³/mol. The SMILES string of the molecule is COc1c(Cl)cccc1COS(N)(=O)=O. The molecule has 0 saturated heterocycles. The molecule has 5 nitrogen and oxygen atoms in total. The van der Waals surface area contributed by atoms with Gasteiger partial charge in [-0.05, 0) is 6.07 Å². The maximum absolute atomic E-state index is 10.6. The average Bonchev–Trinajstić information content (AvgIpc) is 2.13. The molecule has 0 aromatic heterocycles. The van der Waals surface area contributed by atoms with Crippen LogP contribution in [0.15, 0.2) is 18.2 Å². The normalized spacial score (nSPS) is 11.4. The highest BCUT2D eigenvalue weighted by Gasteiger charge is 2.10. The van der Waals surface area contributed by atoms with Crippen molar-refractivity contribution in [2.45, 2.75) is 6.61 Å². The van der Waals surface area contributed by atoms with E-state index in [4.69, 9.17) is 16.3 Å². The van der Waals surface area contributed by atoms with Crippen LogP contribution in [0, 0.1) is 0 Å². The van der Waals surface area contributed by atoms with Crippen LogP contribution in [-0.4, -0.2) is 15.5 Å². The van der Waals surface area contributed by atoms with Crippen LogP contribution in [0.25, 0.3) is 0 Å². The van der Waals surface area contributed by atoms with Gasteiger partial charge in [-0.1, -0.05) is 23.7 Å². The summed E-state index contributed by atoms with van der Waals surface area (Å²) in [5, 5.41) is 5.07. The number of benzene rings is 1. The van der Waals surface area contributed by atoms with Gasteiger partial charge in [0.25, 0.3) is 0 Å². The molecule has 0 saturated carbocycles. The third-order valence-electron chi connectivity index (χ3n) is 1.63. The second kappa shape index (κ2) is 4.80. The maximum Gasteiger partial charge on any atom is 0.333 e. The molecular formula is C8H10ClNO4S.